The van der Waals surface area contributed by atoms with Gasteiger partial charge < -0.3 is 14.6 Å². The minimum Gasteiger partial charge on any atom is -0.507 e. The number of ether oxygens (including phenoxy) is 2. The summed E-state index contributed by atoms with van der Waals surface area (Å²) in [6.07, 6.45) is 2.33. The Kier molecular flexibility index (Phi) is 7.01. The highest BCUT2D eigenvalue weighted by molar-refractivity contribution is 6.58. The van der Waals surface area contributed by atoms with Gasteiger partial charge in [-0.3, -0.25) is 24.1 Å². The number of amides is 4. The molecule has 1 N–H and O–H groups in total. The summed E-state index contributed by atoms with van der Waals surface area (Å²) in [4.78, 5) is 53.5. The van der Waals surface area contributed by atoms with Gasteiger partial charge in [-0.05, 0) is 49.4 Å². The standard InChI is InChI=1S/C31H29Cl2FN2O7/c1-4-11-35-26(38)19-10-9-18-20(23(19)27(35)39)14-30(32)28(40)36(16-7-5-15(34)6-8-16)29(41)31(30,33)25(18)24-21(37)12-17(42-2)13-22(24)43-3/h5-9,12-13,19-20,23,25,37H,4,10-11,14H2,1-3H3. The van der Waals surface area contributed by atoms with Crippen molar-refractivity contribution in [1.29, 1.82) is 0 Å². The number of anilines is 1. The van der Waals surface area contributed by atoms with Gasteiger partial charge in [0.25, 0.3) is 11.8 Å². The highest BCUT2D eigenvalue weighted by atomic mass is 35.5. The number of aromatic hydroxyl groups is 1. The first-order valence-corrected chi connectivity index (χ1v) is 14.7. The zero-order valence-corrected chi connectivity index (χ0v) is 25.1. The number of allylic oxidation sites excluding steroid dienone is 2. The average molecular weight is 631 g/mol. The molecule has 226 valence electrons. The molecule has 4 aliphatic rings. The predicted octanol–water partition coefficient (Wildman–Crippen LogP) is 4.52. The second kappa shape index (κ2) is 10.2. The first-order chi connectivity index (χ1) is 20.4. The molecule has 9 nitrogen and oxygen atoms in total. The summed E-state index contributed by atoms with van der Waals surface area (Å²) in [6.45, 7) is 2.12. The molecule has 2 aliphatic carbocycles. The van der Waals surface area contributed by atoms with Crippen molar-refractivity contribution in [1.82, 2.24) is 4.90 Å². The van der Waals surface area contributed by atoms with Gasteiger partial charge in [0, 0.05) is 30.2 Å². The normalized spacial score (nSPS) is 31.5. The largest absolute Gasteiger partial charge is 0.507 e. The molecule has 6 rings (SSSR count). The van der Waals surface area contributed by atoms with E-state index in [2.05, 4.69) is 0 Å². The third-order valence-electron chi connectivity index (χ3n) is 9.27. The number of alkyl halides is 2. The Hall–Kier alpha value is -3.63. The molecule has 2 aromatic carbocycles. The van der Waals surface area contributed by atoms with Crippen LogP contribution in [0.5, 0.6) is 17.2 Å². The summed E-state index contributed by atoms with van der Waals surface area (Å²) < 4.78 is 24.7. The first kappa shape index (κ1) is 29.4. The van der Waals surface area contributed by atoms with Crippen molar-refractivity contribution < 1.29 is 38.1 Å². The maximum atomic E-state index is 14.4. The number of nitrogens with zero attached hydrogens (tertiary/aromatic N) is 2. The van der Waals surface area contributed by atoms with Crippen LogP contribution in [0.3, 0.4) is 0 Å². The molecule has 43 heavy (non-hydrogen) atoms. The molecular weight excluding hydrogens is 602 g/mol. The van der Waals surface area contributed by atoms with E-state index in [1.165, 1.54) is 43.4 Å². The van der Waals surface area contributed by atoms with Crippen LogP contribution in [0.15, 0.2) is 48.0 Å². The lowest BCUT2D eigenvalue weighted by Crippen LogP contribution is -2.60. The van der Waals surface area contributed by atoms with Crippen molar-refractivity contribution in [3.8, 4) is 17.2 Å². The van der Waals surface area contributed by atoms with Crippen LogP contribution in [0.4, 0.5) is 10.1 Å². The molecule has 2 heterocycles. The van der Waals surface area contributed by atoms with Crippen LogP contribution in [0.2, 0.25) is 0 Å². The molecule has 0 bridgehead atoms. The summed E-state index contributed by atoms with van der Waals surface area (Å²) in [5, 5.41) is 11.4. The highest BCUT2D eigenvalue weighted by Gasteiger charge is 2.77. The van der Waals surface area contributed by atoms with Crippen molar-refractivity contribution in [3.05, 3.63) is 59.4 Å². The zero-order valence-electron chi connectivity index (χ0n) is 23.6. The summed E-state index contributed by atoms with van der Waals surface area (Å²) in [6, 6.07) is 7.59. The Balaban J connectivity index is 1.60. The van der Waals surface area contributed by atoms with Gasteiger partial charge in [-0.2, -0.15) is 0 Å². The molecule has 6 unspecified atom stereocenters. The lowest BCUT2D eigenvalue weighted by Gasteiger charge is -2.50. The second-order valence-corrected chi connectivity index (χ2v) is 12.6. The van der Waals surface area contributed by atoms with Crippen molar-refractivity contribution in [2.24, 2.45) is 17.8 Å². The topological polar surface area (TPSA) is 113 Å². The number of benzene rings is 2. The number of carbonyl (C=O) groups excluding carboxylic acids is 4. The number of likely N-dealkylation sites (tertiary alicyclic amines) is 1. The van der Waals surface area contributed by atoms with E-state index in [-0.39, 0.29) is 59.7 Å². The number of carbonyl (C=O) groups is 4. The van der Waals surface area contributed by atoms with Gasteiger partial charge in [-0.25, -0.2) is 9.29 Å². The third kappa shape index (κ3) is 3.88. The molecule has 4 amide bonds. The molecule has 0 radical (unpaired) electrons. The maximum absolute atomic E-state index is 14.4. The molecule has 0 aromatic heterocycles. The Morgan fingerprint density at radius 1 is 1.00 bits per heavy atom. The second-order valence-electron chi connectivity index (χ2n) is 11.3. The number of imide groups is 2. The van der Waals surface area contributed by atoms with E-state index in [0.717, 1.165) is 17.0 Å². The van der Waals surface area contributed by atoms with E-state index in [1.54, 1.807) is 6.08 Å². The Bertz CT molecular complexity index is 1600. The number of halogens is 3. The minimum atomic E-state index is -2.21. The van der Waals surface area contributed by atoms with Gasteiger partial charge in [0.1, 0.15) is 23.1 Å². The summed E-state index contributed by atoms with van der Waals surface area (Å²) in [5.74, 6) is -6.42. The van der Waals surface area contributed by atoms with Gasteiger partial charge in [-0.15, -0.1) is 23.2 Å². The SMILES string of the molecule is CCCN1C(=O)C2CC=C3C(CC4(Cl)C(=O)N(c5ccc(F)cc5)C(=O)C4(Cl)C3c3c(O)cc(OC)cc3OC)C2C1=O. The number of fused-ring (bicyclic) bond motifs is 4. The Labute approximate surface area is 257 Å². The van der Waals surface area contributed by atoms with Gasteiger partial charge >= 0.3 is 0 Å². The van der Waals surface area contributed by atoms with Crippen LogP contribution in [-0.2, 0) is 19.2 Å². The summed E-state index contributed by atoms with van der Waals surface area (Å²) >= 11 is 14.7. The van der Waals surface area contributed by atoms with E-state index in [1.807, 2.05) is 6.92 Å². The van der Waals surface area contributed by atoms with E-state index in [4.69, 9.17) is 32.7 Å². The van der Waals surface area contributed by atoms with Gasteiger partial charge in [0.2, 0.25) is 11.8 Å². The number of hydrogen-bond donors (Lipinski definition) is 1. The maximum Gasteiger partial charge on any atom is 0.258 e. The highest BCUT2D eigenvalue weighted by Crippen LogP contribution is 2.67. The molecule has 12 heteroatoms. The molecule has 2 aliphatic heterocycles. The van der Waals surface area contributed by atoms with Crippen molar-refractivity contribution in [3.63, 3.8) is 0 Å². The zero-order chi connectivity index (χ0) is 31.0. The fourth-order valence-electron chi connectivity index (χ4n) is 7.39. The number of rotatable bonds is 6. The van der Waals surface area contributed by atoms with Crippen LogP contribution in [0.1, 0.15) is 37.7 Å². The molecule has 2 aromatic rings. The van der Waals surface area contributed by atoms with E-state index in [9.17, 15) is 28.7 Å². The number of methoxy groups -OCH3 is 2. The lowest BCUT2D eigenvalue weighted by atomic mass is 9.56. The molecule has 1 saturated carbocycles. The molecule has 6 atom stereocenters. The van der Waals surface area contributed by atoms with Gasteiger partial charge in [0.05, 0.1) is 31.7 Å². The Morgan fingerprint density at radius 3 is 2.33 bits per heavy atom. The fraction of sp³-hybridized carbons (Fsp3) is 0.419. The third-order valence-corrected chi connectivity index (χ3v) is 10.7. The smallest absolute Gasteiger partial charge is 0.258 e. The lowest BCUT2D eigenvalue weighted by molar-refractivity contribution is -0.140. The van der Waals surface area contributed by atoms with Gasteiger partial charge in [0.15, 0.2) is 9.75 Å². The Morgan fingerprint density at radius 2 is 1.70 bits per heavy atom. The number of phenols is 1. The molecular formula is C31H29Cl2FN2O7. The van der Waals surface area contributed by atoms with E-state index >= 15 is 0 Å². The van der Waals surface area contributed by atoms with Crippen molar-refractivity contribution >= 4 is 52.5 Å². The van der Waals surface area contributed by atoms with Crippen LogP contribution >= 0.6 is 23.2 Å². The van der Waals surface area contributed by atoms with Crippen LogP contribution in [0, 0.1) is 23.6 Å². The summed E-state index contributed by atoms with van der Waals surface area (Å²) in [5.41, 5.74) is 0.654. The molecule has 3 fully saturated rings. The predicted molar refractivity (Wildman–Crippen MR) is 155 cm³/mol. The van der Waals surface area contributed by atoms with Crippen molar-refractivity contribution in [2.75, 3.05) is 25.7 Å². The summed E-state index contributed by atoms with van der Waals surface area (Å²) in [7, 11) is 2.78. The minimum absolute atomic E-state index is 0.0617. The van der Waals surface area contributed by atoms with Crippen LogP contribution in [0.25, 0.3) is 0 Å². The number of hydrogen-bond acceptors (Lipinski definition) is 7. The van der Waals surface area contributed by atoms with Crippen molar-refractivity contribution in [2.45, 2.75) is 41.9 Å². The number of phenolic OH excluding ortho intramolecular Hbond substituents is 1. The van der Waals surface area contributed by atoms with E-state index < -0.39 is 51.1 Å². The van der Waals surface area contributed by atoms with Gasteiger partial charge in [-0.1, -0.05) is 18.6 Å². The monoisotopic (exact) mass is 630 g/mol. The quantitative estimate of drug-likeness (QED) is 0.284. The van der Waals surface area contributed by atoms with Crippen LogP contribution < -0.4 is 14.4 Å². The fourth-order valence-corrected chi connectivity index (χ4v) is 8.31. The van der Waals surface area contributed by atoms with E-state index in [0.29, 0.717) is 12.0 Å². The molecule has 0 spiro atoms. The molecule has 2 saturated heterocycles. The first-order valence-electron chi connectivity index (χ1n) is 14.0. The average Bonchev–Trinajstić information content (AvgIpc) is 3.31. The van der Waals surface area contributed by atoms with Crippen LogP contribution in [-0.4, -0.2) is 64.1 Å².